The van der Waals surface area contributed by atoms with Gasteiger partial charge in [-0.2, -0.15) is 0 Å². The van der Waals surface area contributed by atoms with Crippen LogP contribution in [0.1, 0.15) is 36.7 Å². The Morgan fingerprint density at radius 1 is 1.63 bits per heavy atom. The Morgan fingerprint density at radius 2 is 2.32 bits per heavy atom. The van der Waals surface area contributed by atoms with E-state index in [9.17, 15) is 13.2 Å². The molecule has 1 N–H and O–H groups in total. The summed E-state index contributed by atoms with van der Waals surface area (Å²) in [6, 6.07) is 1.28. The van der Waals surface area contributed by atoms with Crippen molar-refractivity contribution in [3.63, 3.8) is 0 Å². The Labute approximate surface area is 124 Å². The fourth-order valence-electron chi connectivity index (χ4n) is 1.98. The van der Waals surface area contributed by atoms with E-state index in [1.807, 2.05) is 0 Å². The summed E-state index contributed by atoms with van der Waals surface area (Å²) in [5.41, 5.74) is 0. The van der Waals surface area contributed by atoms with E-state index in [1.54, 1.807) is 0 Å². The minimum absolute atomic E-state index is 0.0615. The number of hydrogen-bond donors (Lipinski definition) is 1. The fourth-order valence-corrected chi connectivity index (χ4v) is 4.02. The van der Waals surface area contributed by atoms with E-state index < -0.39 is 15.0 Å². The normalized spacial score (nSPS) is 22.3. The molecule has 1 aromatic rings. The second-order valence-corrected chi connectivity index (χ2v) is 7.81. The summed E-state index contributed by atoms with van der Waals surface area (Å²) >= 11 is 2.93. The topological polar surface area (TPSA) is 76.4 Å². The predicted molar refractivity (Wildman–Crippen MR) is 73.7 cm³/mol. The van der Waals surface area contributed by atoms with Gasteiger partial charge in [-0.25, -0.2) is 8.42 Å². The number of hydrogen-bond acceptors (Lipinski definition) is 4. The molecule has 5 nitrogen and oxygen atoms in total. The molecule has 0 radical (unpaired) electrons. The highest BCUT2D eigenvalue weighted by Crippen LogP contribution is 2.35. The number of nitrogens with one attached hydrogen (secondary N) is 1. The van der Waals surface area contributed by atoms with E-state index in [0.717, 1.165) is 25.3 Å². The molecule has 1 saturated carbocycles. The van der Waals surface area contributed by atoms with Crippen LogP contribution in [0.3, 0.4) is 0 Å². The lowest BCUT2D eigenvalue weighted by molar-refractivity contribution is 0.0919. The van der Waals surface area contributed by atoms with Crippen LogP contribution in [0.4, 0.5) is 0 Å². The second kappa shape index (κ2) is 5.46. The molecule has 1 fully saturated rings. The van der Waals surface area contributed by atoms with Gasteiger partial charge in [-0.15, -0.1) is 0 Å². The monoisotopic (exact) mass is 369 g/mol. The van der Waals surface area contributed by atoms with Gasteiger partial charge in [0.2, 0.25) is 0 Å². The van der Waals surface area contributed by atoms with Crippen molar-refractivity contribution in [2.24, 2.45) is 5.92 Å². The van der Waals surface area contributed by atoms with E-state index in [2.05, 4.69) is 28.2 Å². The minimum atomic E-state index is -3.93. The Morgan fingerprint density at radius 3 is 2.84 bits per heavy atom. The molecule has 1 aromatic heterocycles. The Balaban J connectivity index is 2.05. The van der Waals surface area contributed by atoms with Crippen LogP contribution in [-0.4, -0.2) is 20.4 Å². The molecule has 1 aliphatic rings. The maximum Gasteiger partial charge on any atom is 0.287 e. The average Bonchev–Trinajstić information content (AvgIpc) is 2.87. The van der Waals surface area contributed by atoms with E-state index in [-0.39, 0.29) is 21.4 Å². The van der Waals surface area contributed by atoms with Gasteiger partial charge >= 0.3 is 0 Å². The molecule has 1 heterocycles. The van der Waals surface area contributed by atoms with Gasteiger partial charge in [-0.05, 0) is 34.7 Å². The smallest absolute Gasteiger partial charge is 0.287 e. The van der Waals surface area contributed by atoms with E-state index in [1.165, 1.54) is 0 Å². The van der Waals surface area contributed by atoms with Gasteiger partial charge in [0.25, 0.3) is 15.0 Å². The Bertz CT molecular complexity index is 598. The van der Waals surface area contributed by atoms with Crippen LogP contribution >= 0.6 is 26.6 Å². The van der Waals surface area contributed by atoms with Crippen LogP contribution in [0.5, 0.6) is 0 Å². The molecule has 2 atom stereocenters. The fraction of sp³-hybridized carbons (Fsp3) is 0.545. The summed E-state index contributed by atoms with van der Waals surface area (Å²) in [6.07, 6.45) is 3.12. The summed E-state index contributed by atoms with van der Waals surface area (Å²) in [5.74, 6) is 0.0349. The first-order valence-corrected chi connectivity index (χ1v) is 8.98. The summed E-state index contributed by atoms with van der Waals surface area (Å²) < 4.78 is 27.4. The number of amides is 1. The van der Waals surface area contributed by atoms with Crippen LogP contribution < -0.4 is 5.32 Å². The van der Waals surface area contributed by atoms with Crippen LogP contribution in [0.15, 0.2) is 20.0 Å². The molecular weight excluding hydrogens is 358 g/mol. The number of rotatable bonds is 5. The number of furan rings is 1. The van der Waals surface area contributed by atoms with Gasteiger partial charge in [-0.3, -0.25) is 4.79 Å². The third-order valence-corrected chi connectivity index (χ3v) is 5.22. The van der Waals surface area contributed by atoms with Gasteiger partial charge < -0.3 is 9.73 Å². The van der Waals surface area contributed by atoms with E-state index >= 15 is 0 Å². The molecule has 106 valence electrons. The summed E-state index contributed by atoms with van der Waals surface area (Å²) in [6.45, 7) is 2.10. The van der Waals surface area contributed by atoms with Crippen molar-refractivity contribution in [3.05, 3.63) is 16.5 Å². The van der Waals surface area contributed by atoms with Gasteiger partial charge in [0.05, 0.1) is 0 Å². The van der Waals surface area contributed by atoms with Crippen LogP contribution in [0.25, 0.3) is 0 Å². The van der Waals surface area contributed by atoms with Crippen molar-refractivity contribution in [1.82, 2.24) is 5.32 Å². The second-order valence-electron chi connectivity index (χ2n) is 4.55. The molecule has 0 aliphatic heterocycles. The first kappa shape index (κ1) is 14.9. The molecule has 0 aromatic carbocycles. The quantitative estimate of drug-likeness (QED) is 0.809. The lowest BCUT2D eigenvalue weighted by Crippen LogP contribution is -2.26. The highest BCUT2D eigenvalue weighted by Gasteiger charge is 2.38. The van der Waals surface area contributed by atoms with Crippen molar-refractivity contribution >= 4 is 41.6 Å². The van der Waals surface area contributed by atoms with Gasteiger partial charge in [-0.1, -0.05) is 13.3 Å². The molecule has 0 saturated heterocycles. The lowest BCUT2D eigenvalue weighted by Gasteiger charge is -2.01. The lowest BCUT2D eigenvalue weighted by atomic mass is 10.2. The molecular formula is C11H13BrClNO4S. The first-order chi connectivity index (χ1) is 8.82. The predicted octanol–water partition coefficient (Wildman–Crippen LogP) is 2.89. The van der Waals surface area contributed by atoms with Crippen molar-refractivity contribution < 1.29 is 17.6 Å². The van der Waals surface area contributed by atoms with E-state index in [4.69, 9.17) is 15.1 Å². The minimum Gasteiger partial charge on any atom is -0.443 e. The standard InChI is InChI=1S/C11H13BrClNO4S/c1-2-3-6-4-7(6)14-11(15)8-5-9(10(12)18-8)19(13,16)17/h5-7H,2-4H2,1H3,(H,14,15). The van der Waals surface area contributed by atoms with E-state index in [0.29, 0.717) is 5.92 Å². The molecule has 1 aliphatic carbocycles. The number of carbonyl (C=O) groups is 1. The van der Waals surface area contributed by atoms with Crippen molar-refractivity contribution in [3.8, 4) is 0 Å². The molecule has 1 amide bonds. The molecule has 0 spiro atoms. The van der Waals surface area contributed by atoms with Gasteiger partial charge in [0.15, 0.2) is 10.4 Å². The maximum atomic E-state index is 11.9. The highest BCUT2D eigenvalue weighted by molar-refractivity contribution is 9.10. The molecule has 19 heavy (non-hydrogen) atoms. The molecule has 2 unspecified atom stereocenters. The molecule has 8 heteroatoms. The van der Waals surface area contributed by atoms with Gasteiger partial charge in [0.1, 0.15) is 4.90 Å². The largest absolute Gasteiger partial charge is 0.443 e. The Hall–Kier alpha value is -0.530. The summed E-state index contributed by atoms with van der Waals surface area (Å²) in [4.78, 5) is 11.6. The SMILES string of the molecule is CCCC1CC1NC(=O)c1cc(S(=O)(=O)Cl)c(Br)o1. The van der Waals surface area contributed by atoms with Crippen molar-refractivity contribution in [2.45, 2.75) is 37.1 Å². The molecule has 2 rings (SSSR count). The summed E-state index contributed by atoms with van der Waals surface area (Å²) in [5, 5.41) is 2.81. The third kappa shape index (κ3) is 3.52. The number of halogens is 2. The zero-order valence-electron chi connectivity index (χ0n) is 10.2. The average molecular weight is 371 g/mol. The zero-order valence-corrected chi connectivity index (χ0v) is 13.3. The van der Waals surface area contributed by atoms with Crippen molar-refractivity contribution in [1.29, 1.82) is 0 Å². The van der Waals surface area contributed by atoms with Crippen LogP contribution in [0.2, 0.25) is 0 Å². The Kier molecular flexibility index (Phi) is 4.27. The summed E-state index contributed by atoms with van der Waals surface area (Å²) in [7, 11) is 1.29. The highest BCUT2D eigenvalue weighted by atomic mass is 79.9. The van der Waals surface area contributed by atoms with Gasteiger partial charge in [0, 0.05) is 22.8 Å². The van der Waals surface area contributed by atoms with Crippen LogP contribution in [0, 0.1) is 5.92 Å². The third-order valence-electron chi connectivity index (χ3n) is 3.04. The first-order valence-electron chi connectivity index (χ1n) is 5.87. The zero-order chi connectivity index (χ0) is 14.2. The van der Waals surface area contributed by atoms with Crippen molar-refractivity contribution in [2.75, 3.05) is 0 Å². The number of carbonyl (C=O) groups excluding carboxylic acids is 1. The molecule has 0 bridgehead atoms. The van der Waals surface area contributed by atoms with Crippen LogP contribution in [-0.2, 0) is 9.05 Å². The maximum absolute atomic E-state index is 11.9.